The minimum atomic E-state index is -0.0400. The van der Waals surface area contributed by atoms with Crippen molar-refractivity contribution < 1.29 is 4.79 Å². The van der Waals surface area contributed by atoms with Crippen molar-refractivity contribution in [1.82, 2.24) is 34.9 Å². The molecule has 0 N–H and O–H groups in total. The molecule has 1 amide bonds. The summed E-state index contributed by atoms with van der Waals surface area (Å²) in [5.74, 6) is -0.0400. The maximum Gasteiger partial charge on any atom is 0.254 e. The van der Waals surface area contributed by atoms with Crippen LogP contribution in [0.5, 0.6) is 0 Å². The Bertz CT molecular complexity index is 916. The van der Waals surface area contributed by atoms with E-state index < -0.39 is 0 Å². The predicted molar refractivity (Wildman–Crippen MR) is 85.2 cm³/mol. The second-order valence-corrected chi connectivity index (χ2v) is 5.80. The van der Waals surface area contributed by atoms with Gasteiger partial charge in [-0.1, -0.05) is 5.21 Å². The summed E-state index contributed by atoms with van der Waals surface area (Å²) in [5.41, 5.74) is 1.90. The third-order valence-corrected chi connectivity index (χ3v) is 4.11. The molecule has 3 heterocycles. The molecule has 1 saturated heterocycles. The molecule has 1 fully saturated rings. The number of amides is 1. The highest BCUT2D eigenvalue weighted by atomic mass is 16.2. The van der Waals surface area contributed by atoms with E-state index in [4.69, 9.17) is 5.26 Å². The van der Waals surface area contributed by atoms with E-state index in [2.05, 4.69) is 20.5 Å². The first-order chi connectivity index (χ1) is 12.2. The van der Waals surface area contributed by atoms with Crippen LogP contribution in [0.4, 0.5) is 0 Å². The number of hydrogen-bond acceptors (Lipinski definition) is 6. The summed E-state index contributed by atoms with van der Waals surface area (Å²) in [7, 11) is 0. The van der Waals surface area contributed by atoms with Gasteiger partial charge < -0.3 is 4.90 Å². The first kappa shape index (κ1) is 15.0. The van der Waals surface area contributed by atoms with Gasteiger partial charge in [0.25, 0.3) is 5.91 Å². The molecule has 1 aromatic carbocycles. The zero-order valence-corrected chi connectivity index (χ0v) is 13.2. The molecule has 2 aromatic heterocycles. The van der Waals surface area contributed by atoms with Crippen LogP contribution in [0, 0.1) is 11.3 Å². The minimum absolute atomic E-state index is 0.0400. The van der Waals surface area contributed by atoms with Crippen molar-refractivity contribution in [1.29, 1.82) is 5.26 Å². The zero-order valence-electron chi connectivity index (χ0n) is 13.2. The van der Waals surface area contributed by atoms with E-state index in [0.717, 1.165) is 5.69 Å². The van der Waals surface area contributed by atoms with E-state index >= 15 is 0 Å². The molecule has 0 aliphatic carbocycles. The van der Waals surface area contributed by atoms with E-state index in [1.165, 1.54) is 4.80 Å². The highest BCUT2D eigenvalue weighted by Gasteiger charge is 2.33. The molecule has 0 radical (unpaired) electrons. The molecular formula is C16H14N8O. The number of rotatable bonds is 4. The number of aromatic nitrogens is 6. The molecule has 0 spiro atoms. The molecule has 25 heavy (non-hydrogen) atoms. The van der Waals surface area contributed by atoms with Crippen LogP contribution in [0.2, 0.25) is 0 Å². The molecule has 1 aliphatic heterocycles. The van der Waals surface area contributed by atoms with Crippen LogP contribution in [0.3, 0.4) is 0 Å². The van der Waals surface area contributed by atoms with Gasteiger partial charge >= 0.3 is 0 Å². The monoisotopic (exact) mass is 334 g/mol. The number of carbonyl (C=O) groups excluding carboxylic acids is 1. The zero-order chi connectivity index (χ0) is 17.2. The minimum Gasteiger partial charge on any atom is -0.334 e. The lowest BCUT2D eigenvalue weighted by molar-refractivity contribution is 0.0498. The van der Waals surface area contributed by atoms with Crippen LogP contribution in [-0.2, 0) is 6.54 Å². The summed E-state index contributed by atoms with van der Waals surface area (Å²) >= 11 is 0. The van der Waals surface area contributed by atoms with E-state index in [-0.39, 0.29) is 11.9 Å². The van der Waals surface area contributed by atoms with Crippen molar-refractivity contribution in [3.05, 3.63) is 59.7 Å². The predicted octanol–water partition coefficient (Wildman–Crippen LogP) is 0.487. The Hall–Kier alpha value is -3.54. The normalized spacial score (nSPS) is 14.1. The molecule has 0 saturated carbocycles. The largest absolute Gasteiger partial charge is 0.334 e. The van der Waals surface area contributed by atoms with Crippen LogP contribution in [-0.4, -0.2) is 53.9 Å². The van der Waals surface area contributed by atoms with Crippen LogP contribution >= 0.6 is 0 Å². The van der Waals surface area contributed by atoms with Gasteiger partial charge in [-0.15, -0.1) is 5.10 Å². The van der Waals surface area contributed by atoms with Crippen molar-refractivity contribution >= 4 is 5.91 Å². The average Bonchev–Trinajstić information content (AvgIpc) is 3.26. The van der Waals surface area contributed by atoms with Crippen molar-refractivity contribution in [3.63, 3.8) is 0 Å². The SMILES string of the molecule is N#Cc1ccc(C(=O)N2CC(n3cc(Cn4nccn4)nn3)C2)cc1. The van der Waals surface area contributed by atoms with Gasteiger partial charge in [0, 0.05) is 18.7 Å². The molecule has 9 nitrogen and oxygen atoms in total. The molecule has 4 rings (SSSR count). The van der Waals surface area contributed by atoms with Gasteiger partial charge in [0.05, 0.1) is 36.3 Å². The van der Waals surface area contributed by atoms with Crippen LogP contribution in [0.25, 0.3) is 0 Å². The Kier molecular flexibility index (Phi) is 3.70. The van der Waals surface area contributed by atoms with Gasteiger partial charge in [0.2, 0.25) is 0 Å². The van der Waals surface area contributed by atoms with Gasteiger partial charge in [0.15, 0.2) is 0 Å². The number of likely N-dealkylation sites (tertiary alicyclic amines) is 1. The summed E-state index contributed by atoms with van der Waals surface area (Å²) < 4.78 is 1.78. The molecular weight excluding hydrogens is 320 g/mol. The second kappa shape index (κ2) is 6.16. The van der Waals surface area contributed by atoms with E-state index in [1.807, 2.05) is 12.3 Å². The lowest BCUT2D eigenvalue weighted by Gasteiger charge is -2.38. The first-order valence-corrected chi connectivity index (χ1v) is 7.77. The Morgan fingerprint density at radius 1 is 1.20 bits per heavy atom. The van der Waals surface area contributed by atoms with Crippen LogP contribution < -0.4 is 0 Å². The van der Waals surface area contributed by atoms with Crippen molar-refractivity contribution in [3.8, 4) is 6.07 Å². The fourth-order valence-corrected chi connectivity index (χ4v) is 2.69. The Balaban J connectivity index is 1.36. The summed E-state index contributed by atoms with van der Waals surface area (Å²) in [5, 5.41) is 25.1. The Labute approximate surface area is 143 Å². The molecule has 0 unspecified atom stereocenters. The van der Waals surface area contributed by atoms with Crippen molar-refractivity contribution in [2.24, 2.45) is 0 Å². The van der Waals surface area contributed by atoms with E-state index in [0.29, 0.717) is 30.8 Å². The lowest BCUT2D eigenvalue weighted by atomic mass is 10.1. The molecule has 3 aromatic rings. The summed E-state index contributed by atoms with van der Waals surface area (Å²) in [6.45, 7) is 1.64. The molecule has 0 bridgehead atoms. The summed E-state index contributed by atoms with van der Waals surface area (Å²) in [6.07, 6.45) is 5.09. The highest BCUT2D eigenvalue weighted by Crippen LogP contribution is 2.22. The molecule has 9 heteroatoms. The average molecular weight is 334 g/mol. The standard InChI is InChI=1S/C16H14N8O/c17-7-12-1-3-13(4-2-12)16(25)22-10-15(11-22)23-8-14(20-21-23)9-24-18-5-6-19-24/h1-6,8,15H,9-11H2. The number of hydrogen-bond donors (Lipinski definition) is 0. The quantitative estimate of drug-likeness (QED) is 0.687. The lowest BCUT2D eigenvalue weighted by Crippen LogP contribution is -2.50. The van der Waals surface area contributed by atoms with E-state index in [1.54, 1.807) is 46.2 Å². The van der Waals surface area contributed by atoms with Gasteiger partial charge in [-0.2, -0.15) is 20.3 Å². The summed E-state index contributed by atoms with van der Waals surface area (Å²) in [6, 6.07) is 8.82. The number of benzene rings is 1. The molecule has 124 valence electrons. The third kappa shape index (κ3) is 2.97. The van der Waals surface area contributed by atoms with Gasteiger partial charge in [-0.3, -0.25) is 4.79 Å². The van der Waals surface area contributed by atoms with E-state index in [9.17, 15) is 4.79 Å². The first-order valence-electron chi connectivity index (χ1n) is 7.77. The van der Waals surface area contributed by atoms with Gasteiger partial charge in [0.1, 0.15) is 12.2 Å². The number of carbonyl (C=O) groups is 1. The fraction of sp³-hybridized carbons (Fsp3) is 0.250. The fourth-order valence-electron chi connectivity index (χ4n) is 2.69. The third-order valence-electron chi connectivity index (χ3n) is 4.11. The maximum atomic E-state index is 12.4. The van der Waals surface area contributed by atoms with Crippen molar-refractivity contribution in [2.75, 3.05) is 13.1 Å². The van der Waals surface area contributed by atoms with Gasteiger partial charge in [-0.05, 0) is 24.3 Å². The van der Waals surface area contributed by atoms with Gasteiger partial charge in [-0.25, -0.2) is 4.68 Å². The second-order valence-electron chi connectivity index (χ2n) is 5.80. The Morgan fingerprint density at radius 3 is 2.60 bits per heavy atom. The number of nitrogens with zero attached hydrogens (tertiary/aromatic N) is 8. The van der Waals surface area contributed by atoms with Crippen molar-refractivity contribution in [2.45, 2.75) is 12.6 Å². The molecule has 1 aliphatic rings. The Morgan fingerprint density at radius 2 is 1.92 bits per heavy atom. The molecule has 0 atom stereocenters. The van der Waals surface area contributed by atoms with Crippen LogP contribution in [0.15, 0.2) is 42.9 Å². The summed E-state index contributed by atoms with van der Waals surface area (Å²) in [4.78, 5) is 15.7. The number of nitriles is 1. The maximum absolute atomic E-state index is 12.4. The smallest absolute Gasteiger partial charge is 0.254 e. The topological polar surface area (TPSA) is 106 Å². The van der Waals surface area contributed by atoms with Crippen LogP contribution in [0.1, 0.15) is 27.7 Å². The highest BCUT2D eigenvalue weighted by molar-refractivity contribution is 5.94.